The number of hydrogen-bond acceptors (Lipinski definition) is 8. The van der Waals surface area contributed by atoms with Crippen molar-refractivity contribution in [2.45, 2.75) is 13.8 Å². The van der Waals surface area contributed by atoms with Gasteiger partial charge in [0.2, 0.25) is 0 Å². The third-order valence-corrected chi connectivity index (χ3v) is 3.96. The predicted molar refractivity (Wildman–Crippen MR) is 99.2 cm³/mol. The fraction of sp³-hybridized carbons (Fsp3) is 0.375. The highest BCUT2D eigenvalue weighted by Crippen LogP contribution is 2.37. The Hall–Kier alpha value is -2.37. The largest absolute Gasteiger partial charge is 0.493 e. The number of hydrogen-bond donors (Lipinski definition) is 1. The van der Waals surface area contributed by atoms with Crippen LogP contribution in [0.5, 0.6) is 11.5 Å². The average molecular weight is 475 g/mol. The summed E-state index contributed by atoms with van der Waals surface area (Å²) in [6.45, 7) is 3.69. The zero-order valence-corrected chi connectivity index (χ0v) is 16.7. The number of halogens is 1. The molecule has 0 aliphatic rings. The first-order valence-electron chi connectivity index (χ1n) is 7.75. The number of H-pyrrole nitrogens is 1. The van der Waals surface area contributed by atoms with Gasteiger partial charge < -0.3 is 18.9 Å². The molecular weight excluding hydrogens is 457 g/mol. The van der Waals surface area contributed by atoms with Gasteiger partial charge in [0.1, 0.15) is 5.69 Å². The topological polar surface area (TPSA) is 113 Å². The monoisotopic (exact) mass is 475 g/mol. The maximum atomic E-state index is 12.0. The van der Waals surface area contributed by atoms with E-state index in [9.17, 15) is 9.59 Å². The normalized spacial score (nSPS) is 10.3. The van der Waals surface area contributed by atoms with Gasteiger partial charge in [0.05, 0.1) is 23.9 Å². The number of aromatic amines is 1. The Morgan fingerprint density at radius 1 is 1.15 bits per heavy atom. The maximum absolute atomic E-state index is 12.0. The van der Waals surface area contributed by atoms with Gasteiger partial charge in [-0.25, -0.2) is 9.59 Å². The van der Waals surface area contributed by atoms with Gasteiger partial charge in [-0.05, 0) is 48.6 Å². The highest BCUT2D eigenvalue weighted by Gasteiger charge is 2.22. The molecule has 2 rings (SSSR count). The van der Waals surface area contributed by atoms with Crippen molar-refractivity contribution < 1.29 is 28.5 Å². The first-order valence-corrected chi connectivity index (χ1v) is 8.83. The fourth-order valence-corrected chi connectivity index (χ4v) is 2.86. The number of esters is 2. The van der Waals surface area contributed by atoms with Crippen LogP contribution in [0.2, 0.25) is 0 Å². The van der Waals surface area contributed by atoms with Gasteiger partial charge in [-0.2, -0.15) is 10.3 Å². The first-order chi connectivity index (χ1) is 12.5. The van der Waals surface area contributed by atoms with Gasteiger partial charge in [0.15, 0.2) is 23.8 Å². The van der Waals surface area contributed by atoms with Crippen LogP contribution in [-0.4, -0.2) is 54.3 Å². The molecule has 1 N–H and O–H groups in total. The van der Waals surface area contributed by atoms with Gasteiger partial charge in [0.25, 0.3) is 0 Å². The number of benzene rings is 1. The summed E-state index contributed by atoms with van der Waals surface area (Å²) >= 11 is 2.04. The van der Waals surface area contributed by atoms with Gasteiger partial charge in [0, 0.05) is 5.56 Å². The lowest BCUT2D eigenvalue weighted by atomic mass is 10.1. The van der Waals surface area contributed by atoms with Gasteiger partial charge in [-0.1, -0.05) is 0 Å². The SMILES string of the molecule is CCOC(=O)COc1c(I)cc(-c2n[nH]nc2C(=O)OCC)cc1OC. The van der Waals surface area contributed by atoms with Crippen LogP contribution in [0.3, 0.4) is 0 Å². The Morgan fingerprint density at radius 2 is 1.88 bits per heavy atom. The standard InChI is InChI=1S/C16H18IN3O6/c1-4-24-12(21)8-26-15-10(17)6-9(7-11(15)23-3)13-14(19-20-18-13)16(22)25-5-2/h6-7H,4-5,8H2,1-3H3,(H,18,19,20). The quantitative estimate of drug-likeness (QED) is 0.457. The molecule has 1 heterocycles. The van der Waals surface area contributed by atoms with Gasteiger partial charge in [-0.15, -0.1) is 5.10 Å². The van der Waals surface area contributed by atoms with E-state index in [2.05, 4.69) is 15.4 Å². The summed E-state index contributed by atoms with van der Waals surface area (Å²) in [7, 11) is 1.47. The molecule has 0 fully saturated rings. The lowest BCUT2D eigenvalue weighted by Gasteiger charge is -2.13. The van der Waals surface area contributed by atoms with Crippen molar-refractivity contribution in [3.8, 4) is 22.8 Å². The summed E-state index contributed by atoms with van der Waals surface area (Å²) in [5, 5.41) is 10.3. The maximum Gasteiger partial charge on any atom is 0.361 e. The van der Waals surface area contributed by atoms with Crippen LogP contribution in [-0.2, 0) is 14.3 Å². The number of ether oxygens (including phenoxy) is 4. The van der Waals surface area contributed by atoms with Crippen LogP contribution >= 0.6 is 22.6 Å². The van der Waals surface area contributed by atoms with Crippen molar-refractivity contribution in [1.82, 2.24) is 15.4 Å². The number of nitrogens with one attached hydrogen (secondary N) is 1. The minimum absolute atomic E-state index is 0.0740. The van der Waals surface area contributed by atoms with E-state index in [4.69, 9.17) is 18.9 Å². The molecule has 10 heteroatoms. The third-order valence-electron chi connectivity index (χ3n) is 3.16. The second-order valence-electron chi connectivity index (χ2n) is 4.82. The van der Waals surface area contributed by atoms with Gasteiger partial charge >= 0.3 is 11.9 Å². The van der Waals surface area contributed by atoms with E-state index in [0.29, 0.717) is 26.3 Å². The van der Waals surface area contributed by atoms with Crippen molar-refractivity contribution in [2.75, 3.05) is 26.9 Å². The smallest absolute Gasteiger partial charge is 0.361 e. The van der Waals surface area contributed by atoms with E-state index in [-0.39, 0.29) is 25.5 Å². The summed E-state index contributed by atoms with van der Waals surface area (Å²) in [4.78, 5) is 23.5. The number of methoxy groups -OCH3 is 1. The predicted octanol–water partition coefficient (Wildman–Crippen LogP) is 2.20. The summed E-state index contributed by atoms with van der Waals surface area (Å²) in [5.41, 5.74) is 0.994. The second kappa shape index (κ2) is 9.36. The molecule has 0 saturated heterocycles. The van der Waals surface area contributed by atoms with Crippen LogP contribution in [0, 0.1) is 3.57 Å². The highest BCUT2D eigenvalue weighted by atomic mass is 127. The minimum atomic E-state index is -0.576. The van der Waals surface area contributed by atoms with Crippen LogP contribution in [0.15, 0.2) is 12.1 Å². The molecule has 0 unspecified atom stereocenters. The molecule has 0 spiro atoms. The highest BCUT2D eigenvalue weighted by molar-refractivity contribution is 14.1. The Kier molecular flexibility index (Phi) is 7.18. The molecule has 140 valence electrons. The molecule has 26 heavy (non-hydrogen) atoms. The zero-order valence-electron chi connectivity index (χ0n) is 14.5. The summed E-state index contributed by atoms with van der Waals surface area (Å²) in [6, 6.07) is 3.38. The van der Waals surface area contributed by atoms with Gasteiger partial charge in [-0.3, -0.25) is 0 Å². The first kappa shape index (κ1) is 19.9. The Balaban J connectivity index is 2.33. The number of carbonyl (C=O) groups is 2. The van der Waals surface area contributed by atoms with Crippen molar-refractivity contribution >= 4 is 34.5 Å². The molecule has 0 amide bonds. The molecule has 2 aromatic rings. The van der Waals surface area contributed by atoms with E-state index in [1.54, 1.807) is 26.0 Å². The van der Waals surface area contributed by atoms with Crippen molar-refractivity contribution in [1.29, 1.82) is 0 Å². The molecule has 0 saturated carbocycles. The van der Waals surface area contributed by atoms with Crippen molar-refractivity contribution in [3.63, 3.8) is 0 Å². The number of aromatic nitrogens is 3. The van der Waals surface area contributed by atoms with E-state index >= 15 is 0 Å². The van der Waals surface area contributed by atoms with E-state index in [1.807, 2.05) is 22.6 Å². The van der Waals surface area contributed by atoms with E-state index in [0.717, 1.165) is 0 Å². The van der Waals surface area contributed by atoms with Crippen LogP contribution < -0.4 is 9.47 Å². The number of carbonyl (C=O) groups excluding carboxylic acids is 2. The molecule has 0 aliphatic heterocycles. The fourth-order valence-electron chi connectivity index (χ4n) is 2.10. The molecule has 0 atom stereocenters. The van der Waals surface area contributed by atoms with Crippen LogP contribution in [0.4, 0.5) is 0 Å². The minimum Gasteiger partial charge on any atom is -0.493 e. The molecule has 1 aromatic carbocycles. The Labute approximate surface area is 163 Å². The van der Waals surface area contributed by atoms with Crippen LogP contribution in [0.25, 0.3) is 11.3 Å². The summed E-state index contributed by atoms with van der Waals surface area (Å²) < 4.78 is 21.4. The summed E-state index contributed by atoms with van der Waals surface area (Å²) in [6.07, 6.45) is 0. The molecule has 0 bridgehead atoms. The molecular formula is C16H18IN3O6. The third kappa shape index (κ3) is 4.62. The Bertz CT molecular complexity index is 792. The second-order valence-corrected chi connectivity index (χ2v) is 5.99. The zero-order chi connectivity index (χ0) is 19.1. The van der Waals surface area contributed by atoms with E-state index in [1.165, 1.54) is 7.11 Å². The summed E-state index contributed by atoms with van der Waals surface area (Å²) in [5.74, 6) is -0.275. The molecule has 1 aromatic heterocycles. The van der Waals surface area contributed by atoms with Crippen molar-refractivity contribution in [3.05, 3.63) is 21.4 Å². The average Bonchev–Trinajstić information content (AvgIpc) is 3.10. The lowest BCUT2D eigenvalue weighted by Crippen LogP contribution is -2.15. The number of rotatable bonds is 8. The molecule has 9 nitrogen and oxygen atoms in total. The van der Waals surface area contributed by atoms with Crippen LogP contribution in [0.1, 0.15) is 24.3 Å². The van der Waals surface area contributed by atoms with E-state index < -0.39 is 11.9 Å². The van der Waals surface area contributed by atoms with Crippen molar-refractivity contribution in [2.24, 2.45) is 0 Å². The molecule has 0 radical (unpaired) electrons. The Morgan fingerprint density at radius 3 is 2.54 bits per heavy atom. The number of nitrogens with zero attached hydrogens (tertiary/aromatic N) is 2. The lowest BCUT2D eigenvalue weighted by molar-refractivity contribution is -0.145. The molecule has 0 aliphatic carbocycles.